The zero-order chi connectivity index (χ0) is 17.1. The van der Waals surface area contributed by atoms with Crippen molar-refractivity contribution in [1.29, 1.82) is 0 Å². The quantitative estimate of drug-likeness (QED) is 0.909. The van der Waals surface area contributed by atoms with Gasteiger partial charge < -0.3 is 9.84 Å². The molecule has 1 unspecified atom stereocenters. The van der Waals surface area contributed by atoms with Crippen LogP contribution in [0, 0.1) is 0 Å². The van der Waals surface area contributed by atoms with E-state index in [0.29, 0.717) is 17.5 Å². The molecule has 0 aliphatic carbocycles. The van der Waals surface area contributed by atoms with Gasteiger partial charge in [-0.25, -0.2) is 9.78 Å². The van der Waals surface area contributed by atoms with Crippen LogP contribution in [-0.4, -0.2) is 41.2 Å². The molecule has 0 radical (unpaired) electrons. The van der Waals surface area contributed by atoms with Gasteiger partial charge in [-0.3, -0.25) is 4.90 Å². The number of carboxylic acids is 1. The van der Waals surface area contributed by atoms with E-state index in [4.69, 9.17) is 4.74 Å². The maximum atomic E-state index is 11.2. The van der Waals surface area contributed by atoms with Gasteiger partial charge in [-0.05, 0) is 56.6 Å². The molecule has 1 aromatic carbocycles. The number of benzene rings is 1. The zero-order valence-corrected chi connectivity index (χ0v) is 14.0. The van der Waals surface area contributed by atoms with Gasteiger partial charge in [-0.1, -0.05) is 18.2 Å². The van der Waals surface area contributed by atoms with Gasteiger partial charge in [0, 0.05) is 11.6 Å². The van der Waals surface area contributed by atoms with Crippen LogP contribution in [-0.2, 0) is 0 Å². The van der Waals surface area contributed by atoms with Crippen LogP contribution >= 0.6 is 0 Å². The molecule has 1 aliphatic rings. The monoisotopic (exact) mass is 326 g/mol. The largest absolute Gasteiger partial charge is 0.494 e. The van der Waals surface area contributed by atoms with E-state index in [1.165, 1.54) is 24.5 Å². The van der Waals surface area contributed by atoms with E-state index in [2.05, 4.69) is 28.9 Å². The maximum Gasteiger partial charge on any atom is 0.354 e. The molecule has 1 atom stereocenters. The predicted molar refractivity (Wildman–Crippen MR) is 92.4 cm³/mol. The van der Waals surface area contributed by atoms with Gasteiger partial charge in [0.25, 0.3) is 0 Å². The van der Waals surface area contributed by atoms with Crippen molar-refractivity contribution in [2.24, 2.45) is 0 Å². The first kappa shape index (κ1) is 16.5. The smallest absolute Gasteiger partial charge is 0.354 e. The molecule has 2 heterocycles. The minimum absolute atomic E-state index is 0.0174. The summed E-state index contributed by atoms with van der Waals surface area (Å²) in [5, 5.41) is 9.20. The number of aromatic nitrogens is 1. The van der Waals surface area contributed by atoms with E-state index in [-0.39, 0.29) is 5.69 Å². The summed E-state index contributed by atoms with van der Waals surface area (Å²) < 4.78 is 5.37. The first-order valence-electron chi connectivity index (χ1n) is 8.23. The lowest BCUT2D eigenvalue weighted by Gasteiger charge is -2.24. The average molecular weight is 326 g/mol. The van der Waals surface area contributed by atoms with Crippen molar-refractivity contribution < 1.29 is 14.6 Å². The van der Waals surface area contributed by atoms with E-state index in [1.807, 2.05) is 12.1 Å². The van der Waals surface area contributed by atoms with E-state index < -0.39 is 5.97 Å². The fraction of sp³-hybridized carbons (Fsp3) is 0.368. The van der Waals surface area contributed by atoms with Crippen LogP contribution in [0.15, 0.2) is 36.4 Å². The van der Waals surface area contributed by atoms with E-state index in [0.717, 1.165) is 18.7 Å². The Bertz CT molecular complexity index is 739. The molecule has 2 aromatic rings. The Hall–Kier alpha value is -2.40. The summed E-state index contributed by atoms with van der Waals surface area (Å²) in [6.07, 6.45) is 2.50. The number of carboxylic acid groups (broad SMARTS) is 1. The predicted octanol–water partition coefficient (Wildman–Crippen LogP) is 3.61. The summed E-state index contributed by atoms with van der Waals surface area (Å²) in [5.74, 6) is -0.466. The molecule has 0 saturated carbocycles. The molecule has 5 heteroatoms. The first-order chi connectivity index (χ1) is 11.6. The second-order valence-electron chi connectivity index (χ2n) is 6.10. The lowest BCUT2D eigenvalue weighted by Crippen LogP contribution is -2.23. The molecule has 0 bridgehead atoms. The van der Waals surface area contributed by atoms with Crippen molar-refractivity contribution in [3.8, 4) is 17.0 Å². The van der Waals surface area contributed by atoms with E-state index in [9.17, 15) is 9.90 Å². The van der Waals surface area contributed by atoms with Crippen molar-refractivity contribution in [3.63, 3.8) is 0 Å². The minimum atomic E-state index is -1.04. The molecular weight excluding hydrogens is 304 g/mol. The maximum absolute atomic E-state index is 11.2. The summed E-state index contributed by atoms with van der Waals surface area (Å²) in [7, 11) is 1.57. The molecule has 126 valence electrons. The highest BCUT2D eigenvalue weighted by Gasteiger charge is 2.20. The number of rotatable bonds is 5. The summed E-state index contributed by atoms with van der Waals surface area (Å²) in [6.45, 7) is 4.46. The van der Waals surface area contributed by atoms with E-state index in [1.54, 1.807) is 13.2 Å². The van der Waals surface area contributed by atoms with Gasteiger partial charge >= 0.3 is 5.97 Å². The van der Waals surface area contributed by atoms with Gasteiger partial charge in [-0.15, -0.1) is 0 Å². The highest BCUT2D eigenvalue weighted by Crippen LogP contribution is 2.32. The zero-order valence-electron chi connectivity index (χ0n) is 14.0. The Morgan fingerprint density at radius 1 is 1.25 bits per heavy atom. The molecule has 0 amide bonds. The van der Waals surface area contributed by atoms with E-state index >= 15 is 0 Å². The number of ether oxygens (including phenoxy) is 1. The molecule has 1 N–H and O–H groups in total. The molecule has 1 aliphatic heterocycles. The van der Waals surface area contributed by atoms with Crippen LogP contribution in [0.2, 0.25) is 0 Å². The Balaban J connectivity index is 1.99. The average Bonchev–Trinajstić information content (AvgIpc) is 3.15. The van der Waals surface area contributed by atoms with Crippen molar-refractivity contribution in [2.75, 3.05) is 20.2 Å². The molecule has 1 saturated heterocycles. The van der Waals surface area contributed by atoms with Crippen molar-refractivity contribution >= 4 is 5.97 Å². The van der Waals surface area contributed by atoms with Gasteiger partial charge in [0.05, 0.1) is 7.11 Å². The lowest BCUT2D eigenvalue weighted by atomic mass is 10.0. The number of pyridine rings is 1. The Morgan fingerprint density at radius 2 is 2.00 bits per heavy atom. The Kier molecular flexibility index (Phi) is 4.81. The number of likely N-dealkylation sites (tertiary alicyclic amines) is 1. The SMILES string of the molecule is COc1ccc(C(=O)O)nc1-c1cccc(C(C)N2CCCC2)c1. The first-order valence-corrected chi connectivity index (χ1v) is 8.23. The summed E-state index contributed by atoms with van der Waals surface area (Å²) in [5.41, 5.74) is 2.66. The number of carbonyl (C=O) groups is 1. The summed E-state index contributed by atoms with van der Waals surface area (Å²) >= 11 is 0. The van der Waals surface area contributed by atoms with Crippen LogP contribution in [0.25, 0.3) is 11.3 Å². The summed E-state index contributed by atoms with van der Waals surface area (Å²) in [6, 6.07) is 11.6. The van der Waals surface area contributed by atoms with Crippen LogP contribution in [0.1, 0.15) is 41.9 Å². The normalized spacial score (nSPS) is 16.1. The van der Waals surface area contributed by atoms with Crippen LogP contribution in [0.5, 0.6) is 5.75 Å². The number of hydrogen-bond acceptors (Lipinski definition) is 4. The highest BCUT2D eigenvalue weighted by molar-refractivity contribution is 5.86. The van der Waals surface area contributed by atoms with Crippen LogP contribution in [0.4, 0.5) is 0 Å². The third-order valence-corrected chi connectivity index (χ3v) is 4.63. The van der Waals surface area contributed by atoms with Gasteiger partial charge in [0.2, 0.25) is 0 Å². The molecule has 0 spiro atoms. The number of hydrogen-bond donors (Lipinski definition) is 1. The van der Waals surface area contributed by atoms with Crippen molar-refractivity contribution in [3.05, 3.63) is 47.7 Å². The van der Waals surface area contributed by atoms with Gasteiger partial charge in [0.1, 0.15) is 17.1 Å². The number of aromatic carboxylic acids is 1. The minimum Gasteiger partial charge on any atom is -0.494 e. The Labute approximate surface area is 141 Å². The standard InChI is InChI=1S/C19H22N2O3/c1-13(21-10-3-4-11-21)14-6-5-7-15(12-14)18-17(24-2)9-8-16(20-18)19(22)23/h5-9,12-13H,3-4,10-11H2,1-2H3,(H,22,23). The van der Waals surface area contributed by atoms with Crippen LogP contribution < -0.4 is 4.74 Å². The lowest BCUT2D eigenvalue weighted by molar-refractivity contribution is 0.0690. The summed E-state index contributed by atoms with van der Waals surface area (Å²) in [4.78, 5) is 18.0. The molecule has 24 heavy (non-hydrogen) atoms. The second-order valence-corrected chi connectivity index (χ2v) is 6.10. The van der Waals surface area contributed by atoms with Crippen molar-refractivity contribution in [1.82, 2.24) is 9.88 Å². The molecule has 5 nitrogen and oxygen atoms in total. The number of methoxy groups -OCH3 is 1. The molecular formula is C19H22N2O3. The third-order valence-electron chi connectivity index (χ3n) is 4.63. The topological polar surface area (TPSA) is 62.7 Å². The molecule has 3 rings (SSSR count). The highest BCUT2D eigenvalue weighted by atomic mass is 16.5. The van der Waals surface area contributed by atoms with Crippen molar-refractivity contribution in [2.45, 2.75) is 25.8 Å². The van der Waals surface area contributed by atoms with Gasteiger partial charge in [-0.2, -0.15) is 0 Å². The fourth-order valence-corrected chi connectivity index (χ4v) is 3.22. The van der Waals surface area contributed by atoms with Gasteiger partial charge in [0.15, 0.2) is 0 Å². The van der Waals surface area contributed by atoms with Crippen LogP contribution in [0.3, 0.4) is 0 Å². The third kappa shape index (κ3) is 3.26. The molecule has 1 aromatic heterocycles. The second kappa shape index (κ2) is 7.01. The molecule has 1 fully saturated rings. The fourth-order valence-electron chi connectivity index (χ4n) is 3.22. The number of nitrogens with zero attached hydrogens (tertiary/aromatic N) is 2. The Morgan fingerprint density at radius 3 is 2.67 bits per heavy atom.